The number of aromatic nitrogens is 2. The lowest BCUT2D eigenvalue weighted by molar-refractivity contribution is 0.289. The largest absolute Gasteiger partial charge is 0.396 e. The van der Waals surface area contributed by atoms with E-state index in [1.54, 1.807) is 18.6 Å². The molecule has 1 heterocycles. The second-order valence-electron chi connectivity index (χ2n) is 2.72. The molecule has 1 rings (SSSR count). The molecule has 13 heavy (non-hydrogen) atoms. The lowest BCUT2D eigenvalue weighted by Crippen LogP contribution is -2.25. The molecular weight excluding hydrogens is 166 g/mol. The van der Waals surface area contributed by atoms with E-state index in [9.17, 15) is 0 Å². The minimum atomic E-state index is 0.219. The van der Waals surface area contributed by atoms with Gasteiger partial charge in [0.25, 0.3) is 0 Å². The summed E-state index contributed by atoms with van der Waals surface area (Å²) in [7, 11) is 0. The first-order valence-electron chi connectivity index (χ1n) is 4.50. The fraction of sp³-hybridized carbons (Fsp3) is 0.556. The number of hydrogen-bond acceptors (Lipinski definition) is 4. The molecule has 0 radical (unpaired) electrons. The molecule has 0 fully saturated rings. The number of hydrogen-bond donors (Lipinski definition) is 1. The van der Waals surface area contributed by atoms with Gasteiger partial charge in [-0.15, -0.1) is 0 Å². The second kappa shape index (κ2) is 5.48. The Kier molecular flexibility index (Phi) is 4.18. The molecular formula is C9H15N3O. The van der Waals surface area contributed by atoms with Crippen molar-refractivity contribution >= 4 is 5.82 Å². The third-order valence-corrected chi connectivity index (χ3v) is 1.84. The van der Waals surface area contributed by atoms with E-state index in [4.69, 9.17) is 5.11 Å². The summed E-state index contributed by atoms with van der Waals surface area (Å²) < 4.78 is 0. The first-order chi connectivity index (χ1) is 6.38. The van der Waals surface area contributed by atoms with Gasteiger partial charge in [0.05, 0.1) is 6.20 Å². The molecule has 0 saturated heterocycles. The van der Waals surface area contributed by atoms with E-state index < -0.39 is 0 Å². The van der Waals surface area contributed by atoms with Crippen LogP contribution in [0.25, 0.3) is 0 Å². The Hall–Kier alpha value is -1.16. The number of rotatable bonds is 5. The molecule has 0 spiro atoms. The Morgan fingerprint density at radius 3 is 2.85 bits per heavy atom. The topological polar surface area (TPSA) is 49.2 Å². The van der Waals surface area contributed by atoms with E-state index in [1.165, 1.54) is 0 Å². The Labute approximate surface area is 78.2 Å². The first-order valence-corrected chi connectivity index (χ1v) is 4.50. The molecule has 4 nitrogen and oxygen atoms in total. The van der Waals surface area contributed by atoms with Crippen molar-refractivity contribution in [1.29, 1.82) is 0 Å². The van der Waals surface area contributed by atoms with Crippen LogP contribution in [0.15, 0.2) is 18.6 Å². The van der Waals surface area contributed by atoms with Gasteiger partial charge in [-0.3, -0.25) is 4.98 Å². The lowest BCUT2D eigenvalue weighted by atomic mass is 10.4. The van der Waals surface area contributed by atoms with Crippen molar-refractivity contribution in [2.75, 3.05) is 24.6 Å². The molecule has 0 atom stereocenters. The lowest BCUT2D eigenvalue weighted by Gasteiger charge is -2.20. The molecule has 0 aliphatic heterocycles. The van der Waals surface area contributed by atoms with E-state index in [2.05, 4.69) is 21.8 Å². The van der Waals surface area contributed by atoms with Crippen molar-refractivity contribution < 1.29 is 5.11 Å². The van der Waals surface area contributed by atoms with Gasteiger partial charge in [-0.1, -0.05) is 0 Å². The van der Waals surface area contributed by atoms with Crippen molar-refractivity contribution in [1.82, 2.24) is 9.97 Å². The van der Waals surface area contributed by atoms with Crippen LogP contribution in [0.3, 0.4) is 0 Å². The fourth-order valence-corrected chi connectivity index (χ4v) is 1.15. The Morgan fingerprint density at radius 1 is 1.46 bits per heavy atom. The van der Waals surface area contributed by atoms with E-state index in [1.807, 2.05) is 0 Å². The van der Waals surface area contributed by atoms with Crippen LogP contribution in [-0.2, 0) is 0 Å². The molecule has 4 heteroatoms. The van der Waals surface area contributed by atoms with Crippen molar-refractivity contribution in [3.8, 4) is 0 Å². The molecule has 1 aromatic heterocycles. The van der Waals surface area contributed by atoms with Gasteiger partial charge >= 0.3 is 0 Å². The summed E-state index contributed by atoms with van der Waals surface area (Å²) in [6.45, 7) is 3.99. The van der Waals surface area contributed by atoms with Crippen LogP contribution >= 0.6 is 0 Å². The van der Waals surface area contributed by atoms with Gasteiger partial charge in [0, 0.05) is 32.1 Å². The molecule has 0 amide bonds. The van der Waals surface area contributed by atoms with Crippen LogP contribution in [0.2, 0.25) is 0 Å². The van der Waals surface area contributed by atoms with Crippen molar-refractivity contribution in [2.24, 2.45) is 0 Å². The predicted molar refractivity (Wildman–Crippen MR) is 51.6 cm³/mol. The minimum Gasteiger partial charge on any atom is -0.396 e. The Bertz CT molecular complexity index is 228. The van der Waals surface area contributed by atoms with Gasteiger partial charge in [-0.2, -0.15) is 0 Å². The zero-order valence-corrected chi connectivity index (χ0v) is 7.85. The van der Waals surface area contributed by atoms with E-state index in [0.29, 0.717) is 0 Å². The third kappa shape index (κ3) is 2.99. The fourth-order valence-electron chi connectivity index (χ4n) is 1.15. The smallest absolute Gasteiger partial charge is 0.147 e. The molecule has 72 valence electrons. The van der Waals surface area contributed by atoms with E-state index in [0.717, 1.165) is 25.3 Å². The maximum atomic E-state index is 8.69. The second-order valence-corrected chi connectivity index (χ2v) is 2.72. The van der Waals surface area contributed by atoms with Gasteiger partial charge in [0.1, 0.15) is 5.82 Å². The maximum absolute atomic E-state index is 8.69. The van der Waals surface area contributed by atoms with Crippen molar-refractivity contribution in [2.45, 2.75) is 13.3 Å². The highest BCUT2D eigenvalue weighted by Crippen LogP contribution is 2.06. The number of aliphatic hydroxyl groups excluding tert-OH is 1. The highest BCUT2D eigenvalue weighted by Gasteiger charge is 2.03. The molecule has 0 unspecified atom stereocenters. The third-order valence-electron chi connectivity index (χ3n) is 1.84. The maximum Gasteiger partial charge on any atom is 0.147 e. The highest BCUT2D eigenvalue weighted by molar-refractivity contribution is 5.34. The highest BCUT2D eigenvalue weighted by atomic mass is 16.3. The molecule has 1 aromatic rings. The Morgan fingerprint density at radius 2 is 2.31 bits per heavy atom. The normalized spacial score (nSPS) is 10.0. The summed E-state index contributed by atoms with van der Waals surface area (Å²) in [6, 6.07) is 0. The van der Waals surface area contributed by atoms with Crippen LogP contribution in [0, 0.1) is 0 Å². The van der Waals surface area contributed by atoms with Gasteiger partial charge < -0.3 is 10.0 Å². The number of nitrogens with zero attached hydrogens (tertiary/aromatic N) is 3. The summed E-state index contributed by atoms with van der Waals surface area (Å²) in [5.74, 6) is 0.874. The summed E-state index contributed by atoms with van der Waals surface area (Å²) in [6.07, 6.45) is 5.84. The zero-order valence-electron chi connectivity index (χ0n) is 7.85. The summed E-state index contributed by atoms with van der Waals surface area (Å²) in [4.78, 5) is 10.3. The summed E-state index contributed by atoms with van der Waals surface area (Å²) >= 11 is 0. The zero-order chi connectivity index (χ0) is 9.52. The Balaban J connectivity index is 2.56. The molecule has 0 aliphatic carbocycles. The van der Waals surface area contributed by atoms with Gasteiger partial charge in [-0.25, -0.2) is 4.98 Å². The van der Waals surface area contributed by atoms with E-state index in [-0.39, 0.29) is 6.61 Å². The van der Waals surface area contributed by atoms with E-state index >= 15 is 0 Å². The van der Waals surface area contributed by atoms with Crippen LogP contribution in [-0.4, -0.2) is 34.8 Å². The van der Waals surface area contributed by atoms with Gasteiger partial charge in [0.15, 0.2) is 0 Å². The quantitative estimate of drug-likeness (QED) is 0.726. The van der Waals surface area contributed by atoms with Crippen LogP contribution in [0.1, 0.15) is 13.3 Å². The summed E-state index contributed by atoms with van der Waals surface area (Å²) in [5.41, 5.74) is 0. The van der Waals surface area contributed by atoms with Crippen LogP contribution < -0.4 is 4.90 Å². The monoisotopic (exact) mass is 181 g/mol. The average molecular weight is 181 g/mol. The van der Waals surface area contributed by atoms with Gasteiger partial charge in [-0.05, 0) is 13.3 Å². The van der Waals surface area contributed by atoms with Crippen LogP contribution in [0.4, 0.5) is 5.82 Å². The first kappa shape index (κ1) is 9.92. The SMILES string of the molecule is CCN(CCCO)c1cnccn1. The predicted octanol–water partition coefficient (Wildman–Crippen LogP) is 0.685. The molecule has 0 aliphatic rings. The van der Waals surface area contributed by atoms with Crippen molar-refractivity contribution in [3.05, 3.63) is 18.6 Å². The summed E-state index contributed by atoms with van der Waals surface area (Å²) in [5, 5.41) is 8.69. The number of anilines is 1. The minimum absolute atomic E-state index is 0.219. The number of aliphatic hydroxyl groups is 1. The molecule has 0 aromatic carbocycles. The van der Waals surface area contributed by atoms with Crippen LogP contribution in [0.5, 0.6) is 0 Å². The van der Waals surface area contributed by atoms with Gasteiger partial charge in [0.2, 0.25) is 0 Å². The molecule has 0 bridgehead atoms. The average Bonchev–Trinajstić information content (AvgIpc) is 2.21. The van der Waals surface area contributed by atoms with Crippen molar-refractivity contribution in [3.63, 3.8) is 0 Å². The standard InChI is InChI=1S/C9H15N3O/c1-2-12(6-3-7-13)9-8-10-4-5-11-9/h4-5,8,13H,2-3,6-7H2,1H3. The molecule has 1 N–H and O–H groups in total. The molecule has 0 saturated carbocycles.